The number of carbonyl (C=O) groups is 2. The third-order valence-electron chi connectivity index (χ3n) is 2.73. The van der Waals surface area contributed by atoms with E-state index >= 15 is 0 Å². The SMILES string of the molecule is CCNCC(C)C(=O)NC(CC(C)C)C(=O)NC. The van der Waals surface area contributed by atoms with Gasteiger partial charge in [0.2, 0.25) is 11.8 Å². The maximum atomic E-state index is 11.9. The van der Waals surface area contributed by atoms with Crippen LogP contribution in [0.3, 0.4) is 0 Å². The molecule has 0 aromatic heterocycles. The number of likely N-dealkylation sites (N-methyl/N-ethyl adjacent to an activating group) is 1. The number of hydrogen-bond donors (Lipinski definition) is 3. The average molecular weight is 257 g/mol. The Morgan fingerprint density at radius 3 is 2.17 bits per heavy atom. The van der Waals surface area contributed by atoms with Crippen LogP contribution in [0.5, 0.6) is 0 Å². The van der Waals surface area contributed by atoms with Crippen LogP contribution in [-0.2, 0) is 9.59 Å². The number of amides is 2. The van der Waals surface area contributed by atoms with Crippen LogP contribution < -0.4 is 16.0 Å². The van der Waals surface area contributed by atoms with E-state index in [2.05, 4.69) is 16.0 Å². The molecule has 106 valence electrons. The molecule has 0 saturated carbocycles. The molecule has 0 radical (unpaired) electrons. The molecule has 0 fully saturated rings. The zero-order valence-electron chi connectivity index (χ0n) is 12.2. The van der Waals surface area contributed by atoms with E-state index in [9.17, 15) is 9.59 Å². The fourth-order valence-corrected chi connectivity index (χ4v) is 1.64. The maximum Gasteiger partial charge on any atom is 0.242 e. The highest BCUT2D eigenvalue weighted by molar-refractivity contribution is 5.88. The second-order valence-corrected chi connectivity index (χ2v) is 5.01. The summed E-state index contributed by atoms with van der Waals surface area (Å²) in [6, 6.07) is -0.438. The molecule has 2 atom stereocenters. The topological polar surface area (TPSA) is 70.2 Å². The Hall–Kier alpha value is -1.10. The minimum atomic E-state index is -0.438. The van der Waals surface area contributed by atoms with Crippen LogP contribution in [0.4, 0.5) is 0 Å². The molecule has 2 unspecified atom stereocenters. The molecule has 5 nitrogen and oxygen atoms in total. The van der Waals surface area contributed by atoms with Crippen molar-refractivity contribution < 1.29 is 9.59 Å². The lowest BCUT2D eigenvalue weighted by molar-refractivity contribution is -0.130. The summed E-state index contributed by atoms with van der Waals surface area (Å²) >= 11 is 0. The van der Waals surface area contributed by atoms with Gasteiger partial charge in [0.05, 0.1) is 0 Å². The number of rotatable bonds is 8. The van der Waals surface area contributed by atoms with Gasteiger partial charge in [-0.2, -0.15) is 0 Å². The maximum absolute atomic E-state index is 11.9. The van der Waals surface area contributed by atoms with Crippen molar-refractivity contribution in [2.75, 3.05) is 20.1 Å². The first kappa shape index (κ1) is 16.9. The third-order valence-corrected chi connectivity index (χ3v) is 2.73. The van der Waals surface area contributed by atoms with E-state index in [0.29, 0.717) is 18.9 Å². The third kappa shape index (κ3) is 6.59. The van der Waals surface area contributed by atoms with E-state index < -0.39 is 6.04 Å². The van der Waals surface area contributed by atoms with Crippen molar-refractivity contribution in [2.45, 2.75) is 40.2 Å². The van der Waals surface area contributed by atoms with E-state index in [-0.39, 0.29) is 17.7 Å². The Balaban J connectivity index is 4.38. The van der Waals surface area contributed by atoms with Crippen molar-refractivity contribution in [3.63, 3.8) is 0 Å². The van der Waals surface area contributed by atoms with Gasteiger partial charge in [0, 0.05) is 19.5 Å². The minimum absolute atomic E-state index is 0.0785. The molecule has 5 heteroatoms. The lowest BCUT2D eigenvalue weighted by Gasteiger charge is -2.21. The Kier molecular flexibility index (Phi) is 8.37. The number of hydrogen-bond acceptors (Lipinski definition) is 3. The molecular weight excluding hydrogens is 230 g/mol. The average Bonchev–Trinajstić information content (AvgIpc) is 2.33. The predicted molar refractivity (Wildman–Crippen MR) is 73.2 cm³/mol. The monoisotopic (exact) mass is 257 g/mol. The van der Waals surface area contributed by atoms with E-state index in [4.69, 9.17) is 0 Å². The van der Waals surface area contributed by atoms with Crippen LogP contribution in [0.2, 0.25) is 0 Å². The quantitative estimate of drug-likeness (QED) is 0.593. The molecule has 0 heterocycles. The largest absolute Gasteiger partial charge is 0.357 e. The predicted octanol–water partition coefficient (Wildman–Crippen LogP) is 0.509. The first-order chi connectivity index (χ1) is 8.42. The lowest BCUT2D eigenvalue weighted by atomic mass is 10.0. The molecule has 0 aliphatic carbocycles. The van der Waals surface area contributed by atoms with E-state index in [1.165, 1.54) is 0 Å². The van der Waals surface area contributed by atoms with E-state index in [1.807, 2.05) is 27.7 Å². The van der Waals surface area contributed by atoms with Gasteiger partial charge in [-0.1, -0.05) is 27.7 Å². The second-order valence-electron chi connectivity index (χ2n) is 5.01. The zero-order valence-corrected chi connectivity index (χ0v) is 12.2. The van der Waals surface area contributed by atoms with Crippen molar-refractivity contribution in [3.05, 3.63) is 0 Å². The van der Waals surface area contributed by atoms with Crippen LogP contribution in [0.1, 0.15) is 34.1 Å². The highest BCUT2D eigenvalue weighted by Gasteiger charge is 2.23. The second kappa shape index (κ2) is 8.91. The summed E-state index contributed by atoms with van der Waals surface area (Å²) < 4.78 is 0. The van der Waals surface area contributed by atoms with E-state index in [0.717, 1.165) is 6.54 Å². The first-order valence-corrected chi connectivity index (χ1v) is 6.65. The molecule has 0 aliphatic heterocycles. The standard InChI is InChI=1S/C13H27N3O2/c1-6-15-8-10(4)12(17)16-11(7-9(2)3)13(18)14-5/h9-11,15H,6-8H2,1-5H3,(H,14,18)(H,16,17). The van der Waals surface area contributed by atoms with Gasteiger partial charge < -0.3 is 16.0 Å². The van der Waals surface area contributed by atoms with Crippen LogP contribution in [0.15, 0.2) is 0 Å². The summed E-state index contributed by atoms with van der Waals surface area (Å²) in [5.41, 5.74) is 0. The fraction of sp³-hybridized carbons (Fsp3) is 0.846. The number of nitrogens with one attached hydrogen (secondary N) is 3. The van der Waals surface area contributed by atoms with Crippen LogP contribution in [0, 0.1) is 11.8 Å². The van der Waals surface area contributed by atoms with Gasteiger partial charge in [0.15, 0.2) is 0 Å². The lowest BCUT2D eigenvalue weighted by Crippen LogP contribution is -2.49. The summed E-state index contributed by atoms with van der Waals surface area (Å²) in [5.74, 6) is 0.0128. The van der Waals surface area contributed by atoms with Crippen LogP contribution in [0.25, 0.3) is 0 Å². The summed E-state index contributed by atoms with van der Waals surface area (Å²) in [4.78, 5) is 23.6. The van der Waals surface area contributed by atoms with Crippen LogP contribution >= 0.6 is 0 Å². The summed E-state index contributed by atoms with van der Waals surface area (Å²) in [7, 11) is 1.59. The minimum Gasteiger partial charge on any atom is -0.357 e. The van der Waals surface area contributed by atoms with Crippen molar-refractivity contribution in [1.29, 1.82) is 0 Å². The Labute approximate surface area is 110 Å². The summed E-state index contributed by atoms with van der Waals surface area (Å²) in [5, 5.41) is 8.53. The first-order valence-electron chi connectivity index (χ1n) is 6.65. The summed E-state index contributed by atoms with van der Waals surface area (Å²) in [6.07, 6.45) is 0.652. The van der Waals surface area contributed by atoms with Gasteiger partial charge in [0.25, 0.3) is 0 Å². The van der Waals surface area contributed by atoms with Crippen molar-refractivity contribution >= 4 is 11.8 Å². The Morgan fingerprint density at radius 2 is 1.72 bits per heavy atom. The molecule has 0 aromatic rings. The van der Waals surface area contributed by atoms with Gasteiger partial charge in [0.1, 0.15) is 6.04 Å². The molecular formula is C13H27N3O2. The van der Waals surface area contributed by atoms with Crippen molar-refractivity contribution in [3.8, 4) is 0 Å². The molecule has 0 rings (SSSR count). The van der Waals surface area contributed by atoms with Crippen LogP contribution in [-0.4, -0.2) is 38.0 Å². The zero-order chi connectivity index (χ0) is 14.1. The normalized spacial score (nSPS) is 14.1. The molecule has 2 amide bonds. The molecule has 0 saturated heterocycles. The number of carbonyl (C=O) groups excluding carboxylic acids is 2. The Morgan fingerprint density at radius 1 is 1.11 bits per heavy atom. The molecule has 18 heavy (non-hydrogen) atoms. The van der Waals surface area contributed by atoms with Gasteiger partial charge in [-0.25, -0.2) is 0 Å². The van der Waals surface area contributed by atoms with Crippen molar-refractivity contribution in [2.24, 2.45) is 11.8 Å². The van der Waals surface area contributed by atoms with Gasteiger partial charge in [-0.05, 0) is 18.9 Å². The van der Waals surface area contributed by atoms with Gasteiger partial charge >= 0.3 is 0 Å². The molecule has 0 spiro atoms. The smallest absolute Gasteiger partial charge is 0.242 e. The fourth-order valence-electron chi connectivity index (χ4n) is 1.64. The highest BCUT2D eigenvalue weighted by Crippen LogP contribution is 2.06. The highest BCUT2D eigenvalue weighted by atomic mass is 16.2. The van der Waals surface area contributed by atoms with Crippen molar-refractivity contribution in [1.82, 2.24) is 16.0 Å². The molecule has 0 bridgehead atoms. The van der Waals surface area contributed by atoms with E-state index in [1.54, 1.807) is 7.05 Å². The van der Waals surface area contributed by atoms with Gasteiger partial charge in [-0.3, -0.25) is 9.59 Å². The van der Waals surface area contributed by atoms with Gasteiger partial charge in [-0.15, -0.1) is 0 Å². The molecule has 0 aliphatic rings. The molecule has 3 N–H and O–H groups in total. The Bertz CT molecular complexity index is 267. The summed E-state index contributed by atoms with van der Waals surface area (Å²) in [6.45, 7) is 9.38. The molecule has 0 aromatic carbocycles.